The molecule has 0 aliphatic rings. The van der Waals surface area contributed by atoms with Crippen molar-refractivity contribution >= 4 is 21.8 Å². The standard InChI is InChI=1S/C42H40N4O.Pt/c1-8-12-30-15-18-38-37(23-30)36-17-16-34(26-39(36)45(38)40-24-32(19-20-43-40)42(5,6)7)47-35-22-27(2)21-33(25-35)46-29(4)41(28(3)44-46)31-13-10-9-11-14-31;/h9-11,13-24H,8,12H2,1-7H3;/q-2;+2. The molecule has 0 spiro atoms. The molecular weight excluding hydrogens is 772 g/mol. The quantitative estimate of drug-likeness (QED) is 0.151. The van der Waals surface area contributed by atoms with E-state index in [1.807, 2.05) is 29.1 Å². The molecule has 0 amide bonds. The maximum absolute atomic E-state index is 6.53. The van der Waals surface area contributed by atoms with Crippen LogP contribution in [0.2, 0.25) is 0 Å². The summed E-state index contributed by atoms with van der Waals surface area (Å²) in [5.74, 6) is 2.11. The predicted octanol–water partition coefficient (Wildman–Crippen LogP) is 10.6. The Labute approximate surface area is 297 Å². The van der Waals surface area contributed by atoms with Crippen LogP contribution in [0.1, 0.15) is 62.2 Å². The number of ether oxygens (including phenoxy) is 1. The third kappa shape index (κ3) is 6.24. The van der Waals surface area contributed by atoms with Crippen LogP contribution in [-0.4, -0.2) is 19.3 Å². The maximum Gasteiger partial charge on any atom is 2.00 e. The van der Waals surface area contributed by atoms with E-state index in [0.29, 0.717) is 11.5 Å². The molecule has 0 bridgehead atoms. The van der Waals surface area contributed by atoms with Crippen LogP contribution >= 0.6 is 0 Å². The molecule has 3 aromatic heterocycles. The van der Waals surface area contributed by atoms with Crippen LogP contribution in [0.5, 0.6) is 11.5 Å². The zero-order valence-corrected chi connectivity index (χ0v) is 30.9. The van der Waals surface area contributed by atoms with Gasteiger partial charge in [-0.05, 0) is 71.6 Å². The molecule has 0 saturated carbocycles. The Bertz CT molecular complexity index is 2260. The van der Waals surface area contributed by atoms with E-state index in [9.17, 15) is 0 Å². The number of nitrogens with zero attached hydrogens (tertiary/aromatic N) is 4. The number of hydrogen-bond acceptors (Lipinski definition) is 3. The molecule has 4 aromatic carbocycles. The van der Waals surface area contributed by atoms with Crippen molar-refractivity contribution in [2.24, 2.45) is 0 Å². The van der Waals surface area contributed by atoms with Gasteiger partial charge < -0.3 is 9.30 Å². The second-order valence-corrected chi connectivity index (χ2v) is 13.5. The SMILES string of the molecule is CCCc1ccc2c(c1)c1ccc(Oc3[c-]c(-n4nc(C)c(-c5ccccc5)c4C)cc(C)c3)[c-]c1n2-c1cc(C(C)(C)C)ccn1.[Pt+2]. The predicted molar refractivity (Wildman–Crippen MR) is 192 cm³/mol. The molecule has 244 valence electrons. The van der Waals surface area contributed by atoms with Crippen molar-refractivity contribution < 1.29 is 25.8 Å². The summed E-state index contributed by atoms with van der Waals surface area (Å²) in [6.45, 7) is 15.1. The van der Waals surface area contributed by atoms with Crippen molar-refractivity contribution in [3.05, 3.63) is 131 Å². The first-order valence-electron chi connectivity index (χ1n) is 16.4. The van der Waals surface area contributed by atoms with Gasteiger partial charge in [-0.3, -0.25) is 4.68 Å². The smallest absolute Gasteiger partial charge is 0.509 e. The van der Waals surface area contributed by atoms with E-state index in [-0.39, 0.29) is 26.5 Å². The topological polar surface area (TPSA) is 44.9 Å². The molecule has 7 rings (SSSR count). The number of rotatable bonds is 7. The van der Waals surface area contributed by atoms with Crippen LogP contribution in [0.3, 0.4) is 0 Å². The molecule has 0 unspecified atom stereocenters. The monoisotopic (exact) mass is 811 g/mol. The first-order chi connectivity index (χ1) is 22.6. The fourth-order valence-electron chi connectivity index (χ4n) is 6.57. The number of hydrogen-bond donors (Lipinski definition) is 0. The van der Waals surface area contributed by atoms with Gasteiger partial charge in [0.05, 0.1) is 5.69 Å². The Balaban J connectivity index is 0.00000401. The molecule has 0 fully saturated rings. The Morgan fingerprint density at radius 1 is 0.812 bits per heavy atom. The Morgan fingerprint density at radius 2 is 1.60 bits per heavy atom. The number of pyridine rings is 1. The van der Waals surface area contributed by atoms with Gasteiger partial charge in [-0.2, -0.15) is 16.7 Å². The van der Waals surface area contributed by atoms with Crippen LogP contribution in [-0.2, 0) is 32.9 Å². The summed E-state index contributed by atoms with van der Waals surface area (Å²) in [7, 11) is 0. The molecule has 6 heteroatoms. The Morgan fingerprint density at radius 3 is 2.35 bits per heavy atom. The maximum atomic E-state index is 6.53. The van der Waals surface area contributed by atoms with Crippen molar-refractivity contribution in [3.8, 4) is 34.1 Å². The van der Waals surface area contributed by atoms with Gasteiger partial charge in [0.15, 0.2) is 0 Å². The fourth-order valence-corrected chi connectivity index (χ4v) is 6.57. The summed E-state index contributed by atoms with van der Waals surface area (Å²) in [4.78, 5) is 4.85. The third-order valence-electron chi connectivity index (χ3n) is 8.87. The van der Waals surface area contributed by atoms with Crippen LogP contribution in [0.4, 0.5) is 0 Å². The van der Waals surface area contributed by atoms with Crippen molar-refractivity contribution in [2.45, 2.75) is 66.7 Å². The third-order valence-corrected chi connectivity index (χ3v) is 8.87. The molecule has 0 aliphatic heterocycles. The molecule has 0 atom stereocenters. The number of aromatic nitrogens is 4. The molecule has 3 heterocycles. The molecule has 0 aliphatic carbocycles. The fraction of sp³-hybridized carbons (Fsp3) is 0.238. The minimum atomic E-state index is -0.00519. The van der Waals surface area contributed by atoms with Gasteiger partial charge in [-0.15, -0.1) is 35.7 Å². The molecule has 48 heavy (non-hydrogen) atoms. The second kappa shape index (κ2) is 13.2. The molecule has 0 radical (unpaired) electrons. The molecule has 5 nitrogen and oxygen atoms in total. The van der Waals surface area contributed by atoms with E-state index >= 15 is 0 Å². The van der Waals surface area contributed by atoms with Gasteiger partial charge in [-0.1, -0.05) is 89.0 Å². The molecular formula is C42H40N4OPt. The van der Waals surface area contributed by atoms with Gasteiger partial charge in [0, 0.05) is 34.5 Å². The first-order valence-corrected chi connectivity index (χ1v) is 16.4. The Kier molecular flexibility index (Phi) is 9.20. The minimum Gasteiger partial charge on any atom is -0.509 e. The average Bonchev–Trinajstić information content (AvgIpc) is 3.53. The van der Waals surface area contributed by atoms with E-state index in [1.165, 1.54) is 16.5 Å². The number of aryl methyl sites for hydroxylation is 3. The zero-order chi connectivity index (χ0) is 32.9. The summed E-state index contributed by atoms with van der Waals surface area (Å²) in [6.07, 6.45) is 4.05. The normalized spacial score (nSPS) is 11.6. The van der Waals surface area contributed by atoms with Crippen molar-refractivity contribution in [1.82, 2.24) is 19.3 Å². The van der Waals surface area contributed by atoms with Crippen molar-refractivity contribution in [1.29, 1.82) is 0 Å². The van der Waals surface area contributed by atoms with Gasteiger partial charge in [-0.25, -0.2) is 4.98 Å². The molecule has 0 N–H and O–H groups in total. The number of fused-ring (bicyclic) bond motifs is 3. The summed E-state index contributed by atoms with van der Waals surface area (Å²) < 4.78 is 10.7. The van der Waals surface area contributed by atoms with Gasteiger partial charge in [0.1, 0.15) is 5.82 Å². The van der Waals surface area contributed by atoms with Gasteiger partial charge >= 0.3 is 21.1 Å². The zero-order valence-electron chi connectivity index (χ0n) is 28.6. The molecule has 7 aromatic rings. The summed E-state index contributed by atoms with van der Waals surface area (Å²) in [5, 5.41) is 7.23. The van der Waals surface area contributed by atoms with E-state index in [2.05, 4.69) is 132 Å². The van der Waals surface area contributed by atoms with Crippen molar-refractivity contribution in [2.75, 3.05) is 0 Å². The van der Waals surface area contributed by atoms with E-state index < -0.39 is 0 Å². The van der Waals surface area contributed by atoms with E-state index in [1.54, 1.807) is 0 Å². The van der Waals surface area contributed by atoms with E-state index in [0.717, 1.165) is 68.8 Å². The largest absolute Gasteiger partial charge is 2.00 e. The minimum absolute atomic E-state index is 0. The molecule has 0 saturated heterocycles. The van der Waals surface area contributed by atoms with Gasteiger partial charge in [0.2, 0.25) is 0 Å². The number of benzene rings is 4. The first kappa shape index (κ1) is 33.4. The Hall–Kier alpha value is -4.47. The van der Waals surface area contributed by atoms with Crippen LogP contribution in [0.25, 0.3) is 44.4 Å². The van der Waals surface area contributed by atoms with Crippen LogP contribution in [0.15, 0.2) is 91.1 Å². The van der Waals surface area contributed by atoms with Crippen LogP contribution < -0.4 is 4.74 Å². The summed E-state index contributed by atoms with van der Waals surface area (Å²) in [6, 6.07) is 36.8. The van der Waals surface area contributed by atoms with Gasteiger partial charge in [0.25, 0.3) is 0 Å². The average molecular weight is 812 g/mol. The van der Waals surface area contributed by atoms with Crippen LogP contribution in [0, 0.1) is 32.9 Å². The van der Waals surface area contributed by atoms with Crippen molar-refractivity contribution in [3.63, 3.8) is 0 Å². The van der Waals surface area contributed by atoms with E-state index in [4.69, 9.17) is 14.8 Å². The second-order valence-electron chi connectivity index (χ2n) is 13.5. The summed E-state index contributed by atoms with van der Waals surface area (Å²) in [5.41, 5.74) is 10.8. The summed E-state index contributed by atoms with van der Waals surface area (Å²) >= 11 is 0.